The molecule has 1 aliphatic heterocycles. The van der Waals surface area contributed by atoms with E-state index in [1.165, 1.54) is 6.08 Å². The molecule has 0 aromatic rings. The number of hydrogen-bond donors (Lipinski definition) is 0. The van der Waals surface area contributed by atoms with Crippen LogP contribution in [0.3, 0.4) is 0 Å². The van der Waals surface area contributed by atoms with Crippen LogP contribution >= 0.6 is 0 Å². The fourth-order valence-corrected chi connectivity index (χ4v) is 0.753. The normalized spacial score (nSPS) is 18.5. The molecule has 0 aromatic heterocycles. The molecule has 0 saturated heterocycles. The molecule has 0 aromatic carbocycles. The molecule has 0 saturated carbocycles. The lowest BCUT2D eigenvalue weighted by atomic mass is 10.3. The molecule has 1 aliphatic rings. The van der Waals surface area contributed by atoms with Crippen molar-refractivity contribution >= 4 is 5.97 Å². The minimum Gasteiger partial charge on any atom is -0.496 e. The Hall–Kier alpha value is -1.25. The van der Waals surface area contributed by atoms with Crippen molar-refractivity contribution in [1.29, 1.82) is 0 Å². The molecule has 0 atom stereocenters. The Kier molecular flexibility index (Phi) is 2.72. The van der Waals surface area contributed by atoms with Crippen molar-refractivity contribution in [2.24, 2.45) is 0 Å². The van der Waals surface area contributed by atoms with Gasteiger partial charge in [-0.25, -0.2) is 4.79 Å². The van der Waals surface area contributed by atoms with Crippen LogP contribution in [0.5, 0.6) is 0 Å². The molecule has 11 heavy (non-hydrogen) atoms. The van der Waals surface area contributed by atoms with Gasteiger partial charge in [-0.1, -0.05) is 0 Å². The number of ether oxygens (including phenoxy) is 2. The quantitative estimate of drug-likeness (QED) is 0.440. The average Bonchev–Trinajstić information content (AvgIpc) is 2.40. The van der Waals surface area contributed by atoms with E-state index in [0.29, 0.717) is 13.2 Å². The molecule has 0 aliphatic carbocycles. The summed E-state index contributed by atoms with van der Waals surface area (Å²) in [7, 11) is 0. The van der Waals surface area contributed by atoms with E-state index >= 15 is 0 Å². The topological polar surface area (TPSA) is 35.5 Å². The summed E-state index contributed by atoms with van der Waals surface area (Å²) < 4.78 is 9.58. The van der Waals surface area contributed by atoms with Crippen LogP contribution in [-0.4, -0.2) is 19.2 Å². The first-order valence-electron chi connectivity index (χ1n) is 3.48. The van der Waals surface area contributed by atoms with Crippen molar-refractivity contribution < 1.29 is 14.3 Å². The molecule has 0 N–H and O–H groups in total. The van der Waals surface area contributed by atoms with Crippen molar-refractivity contribution in [2.75, 3.05) is 13.2 Å². The van der Waals surface area contributed by atoms with E-state index in [-0.39, 0.29) is 5.97 Å². The highest BCUT2D eigenvalue weighted by Crippen LogP contribution is 2.06. The number of carbonyl (C=O) groups is 1. The molecule has 3 nitrogen and oxygen atoms in total. The van der Waals surface area contributed by atoms with Crippen molar-refractivity contribution in [1.82, 2.24) is 0 Å². The van der Waals surface area contributed by atoms with E-state index in [4.69, 9.17) is 9.47 Å². The smallest absolute Gasteiger partial charge is 0.331 e. The summed E-state index contributed by atoms with van der Waals surface area (Å²) >= 11 is 0. The minimum atomic E-state index is -0.308. The van der Waals surface area contributed by atoms with E-state index < -0.39 is 0 Å². The Morgan fingerprint density at radius 1 is 1.91 bits per heavy atom. The lowest BCUT2D eigenvalue weighted by Gasteiger charge is -1.95. The maximum Gasteiger partial charge on any atom is 0.331 e. The first-order chi connectivity index (χ1) is 5.33. The van der Waals surface area contributed by atoms with E-state index in [0.717, 1.165) is 5.57 Å². The number of hydrogen-bond acceptors (Lipinski definition) is 3. The van der Waals surface area contributed by atoms with Gasteiger partial charge in [-0.3, -0.25) is 0 Å². The SMILES string of the molecule is CCOC(=O)C=C1C=COC1. The minimum absolute atomic E-state index is 0.308. The van der Waals surface area contributed by atoms with Crippen molar-refractivity contribution in [3.8, 4) is 0 Å². The number of rotatable bonds is 2. The first-order valence-corrected chi connectivity index (χ1v) is 3.48. The van der Waals surface area contributed by atoms with Gasteiger partial charge in [0.2, 0.25) is 0 Å². The van der Waals surface area contributed by atoms with Gasteiger partial charge in [-0.05, 0) is 18.6 Å². The lowest BCUT2D eigenvalue weighted by Crippen LogP contribution is -2.01. The zero-order valence-electron chi connectivity index (χ0n) is 6.37. The number of carbonyl (C=O) groups excluding carboxylic acids is 1. The van der Waals surface area contributed by atoms with Crippen LogP contribution in [0.15, 0.2) is 24.0 Å². The first kappa shape index (κ1) is 7.85. The molecule has 1 heterocycles. The fraction of sp³-hybridized carbons (Fsp3) is 0.375. The Morgan fingerprint density at radius 3 is 3.27 bits per heavy atom. The highest BCUT2D eigenvalue weighted by Gasteiger charge is 2.03. The van der Waals surface area contributed by atoms with Gasteiger partial charge in [0.15, 0.2) is 0 Å². The summed E-state index contributed by atoms with van der Waals surface area (Å²) in [6.45, 7) is 2.66. The molecule has 0 unspecified atom stereocenters. The molecular weight excluding hydrogens is 144 g/mol. The maximum absolute atomic E-state index is 10.8. The summed E-state index contributed by atoms with van der Waals surface area (Å²) in [4.78, 5) is 10.8. The van der Waals surface area contributed by atoms with Crippen molar-refractivity contribution in [3.05, 3.63) is 24.0 Å². The second-order valence-corrected chi connectivity index (χ2v) is 2.09. The standard InChI is InChI=1S/C8H10O3/c1-2-11-8(9)5-7-3-4-10-6-7/h3-5H,2,6H2,1H3. The second-order valence-electron chi connectivity index (χ2n) is 2.09. The fourth-order valence-electron chi connectivity index (χ4n) is 0.753. The number of esters is 1. The van der Waals surface area contributed by atoms with Crippen LogP contribution in [0.1, 0.15) is 6.92 Å². The third kappa shape index (κ3) is 2.45. The Morgan fingerprint density at radius 2 is 2.73 bits per heavy atom. The molecule has 0 fully saturated rings. The van der Waals surface area contributed by atoms with Gasteiger partial charge >= 0.3 is 5.97 Å². The van der Waals surface area contributed by atoms with Gasteiger partial charge in [-0.15, -0.1) is 0 Å². The second kappa shape index (κ2) is 3.81. The third-order valence-corrected chi connectivity index (χ3v) is 1.22. The highest BCUT2D eigenvalue weighted by molar-refractivity contribution is 5.83. The van der Waals surface area contributed by atoms with Crippen molar-refractivity contribution in [3.63, 3.8) is 0 Å². The van der Waals surface area contributed by atoms with Gasteiger partial charge in [-0.2, -0.15) is 0 Å². The summed E-state index contributed by atoms with van der Waals surface area (Å²) in [6.07, 6.45) is 4.75. The van der Waals surface area contributed by atoms with Crippen LogP contribution in [0.25, 0.3) is 0 Å². The van der Waals surface area contributed by atoms with Gasteiger partial charge in [0.05, 0.1) is 12.9 Å². The largest absolute Gasteiger partial charge is 0.496 e. The zero-order valence-corrected chi connectivity index (χ0v) is 6.37. The van der Waals surface area contributed by atoms with Crippen LogP contribution in [0.2, 0.25) is 0 Å². The lowest BCUT2D eigenvalue weighted by molar-refractivity contribution is -0.137. The molecule has 0 amide bonds. The van der Waals surface area contributed by atoms with Crippen LogP contribution in [0.4, 0.5) is 0 Å². The predicted octanol–water partition coefficient (Wildman–Crippen LogP) is 1.02. The van der Waals surface area contributed by atoms with Crippen LogP contribution < -0.4 is 0 Å². The molecule has 0 spiro atoms. The van der Waals surface area contributed by atoms with Gasteiger partial charge < -0.3 is 9.47 Å². The average molecular weight is 154 g/mol. The van der Waals surface area contributed by atoms with Crippen LogP contribution in [-0.2, 0) is 14.3 Å². The van der Waals surface area contributed by atoms with Gasteiger partial charge in [0.1, 0.15) is 6.61 Å². The van der Waals surface area contributed by atoms with Gasteiger partial charge in [0.25, 0.3) is 0 Å². The Balaban J connectivity index is 2.44. The maximum atomic E-state index is 10.8. The summed E-state index contributed by atoms with van der Waals surface area (Å²) in [5.41, 5.74) is 0.850. The Bertz CT molecular complexity index is 203. The molecular formula is C8H10O3. The van der Waals surface area contributed by atoms with E-state index in [1.807, 2.05) is 0 Å². The summed E-state index contributed by atoms with van der Waals surface area (Å²) in [5, 5.41) is 0. The van der Waals surface area contributed by atoms with Crippen molar-refractivity contribution in [2.45, 2.75) is 6.92 Å². The third-order valence-electron chi connectivity index (χ3n) is 1.22. The van der Waals surface area contributed by atoms with E-state index in [1.54, 1.807) is 19.3 Å². The molecule has 60 valence electrons. The molecule has 0 radical (unpaired) electrons. The predicted molar refractivity (Wildman–Crippen MR) is 39.8 cm³/mol. The zero-order chi connectivity index (χ0) is 8.10. The highest BCUT2D eigenvalue weighted by atomic mass is 16.5. The molecule has 3 heteroatoms. The summed E-state index contributed by atoms with van der Waals surface area (Å²) in [5.74, 6) is -0.308. The molecule has 0 bridgehead atoms. The van der Waals surface area contributed by atoms with E-state index in [9.17, 15) is 4.79 Å². The van der Waals surface area contributed by atoms with Crippen LogP contribution in [0, 0.1) is 0 Å². The summed E-state index contributed by atoms with van der Waals surface area (Å²) in [6, 6.07) is 0. The Labute approximate surface area is 65.3 Å². The van der Waals surface area contributed by atoms with Gasteiger partial charge in [0, 0.05) is 6.08 Å². The monoisotopic (exact) mass is 154 g/mol. The van der Waals surface area contributed by atoms with E-state index in [2.05, 4.69) is 0 Å². The molecule has 1 rings (SSSR count).